The number of hydrogen-bond donors (Lipinski definition) is 2. The van der Waals surface area contributed by atoms with E-state index in [4.69, 9.17) is 9.84 Å². The van der Waals surface area contributed by atoms with Crippen LogP contribution in [0.1, 0.15) is 33.6 Å². The summed E-state index contributed by atoms with van der Waals surface area (Å²) in [7, 11) is 0. The Bertz CT molecular complexity index is 442. The number of imide groups is 1. The average molecular weight is 346 g/mol. The highest BCUT2D eigenvalue weighted by Crippen LogP contribution is 2.24. The maximum Gasteiger partial charge on any atom is 0.242 e. The van der Waals surface area contributed by atoms with Gasteiger partial charge in [-0.15, -0.1) is 11.8 Å². The molecule has 8 heteroatoms. The van der Waals surface area contributed by atoms with Crippen molar-refractivity contribution in [2.75, 3.05) is 32.1 Å². The zero-order valence-corrected chi connectivity index (χ0v) is 14.8. The van der Waals surface area contributed by atoms with Gasteiger partial charge in [0, 0.05) is 25.9 Å². The van der Waals surface area contributed by atoms with Crippen molar-refractivity contribution >= 4 is 29.5 Å². The van der Waals surface area contributed by atoms with Crippen molar-refractivity contribution in [2.45, 2.75) is 44.5 Å². The van der Waals surface area contributed by atoms with Crippen molar-refractivity contribution in [3.63, 3.8) is 0 Å². The molecule has 0 aromatic heterocycles. The minimum absolute atomic E-state index is 0.0877. The maximum absolute atomic E-state index is 12.0. The van der Waals surface area contributed by atoms with Gasteiger partial charge in [0.25, 0.3) is 0 Å². The van der Waals surface area contributed by atoms with Crippen LogP contribution in [0.5, 0.6) is 0 Å². The molecule has 2 N–H and O–H groups in total. The van der Waals surface area contributed by atoms with Crippen molar-refractivity contribution in [3.8, 4) is 0 Å². The molecule has 1 aliphatic heterocycles. The van der Waals surface area contributed by atoms with E-state index < -0.39 is 5.60 Å². The number of carbonyl (C=O) groups is 3. The van der Waals surface area contributed by atoms with E-state index in [9.17, 15) is 14.4 Å². The Hall–Kier alpha value is -1.12. The summed E-state index contributed by atoms with van der Waals surface area (Å²) in [6.45, 7) is 6.08. The number of ether oxygens (including phenoxy) is 1. The predicted octanol–water partition coefficient (Wildman–Crippen LogP) is 0.161. The van der Waals surface area contributed by atoms with E-state index in [1.54, 1.807) is 13.8 Å². The molecule has 1 saturated heterocycles. The van der Waals surface area contributed by atoms with Crippen molar-refractivity contribution in [3.05, 3.63) is 0 Å². The van der Waals surface area contributed by atoms with Gasteiger partial charge in [-0.05, 0) is 19.6 Å². The highest BCUT2D eigenvalue weighted by molar-refractivity contribution is 8.00. The Balaban J connectivity index is 2.26. The third-order valence-electron chi connectivity index (χ3n) is 3.43. The number of carbonyl (C=O) groups excluding carboxylic acids is 3. The fraction of sp³-hybridized carbons (Fsp3) is 0.800. The number of nitrogens with zero attached hydrogens (tertiary/aromatic N) is 1. The van der Waals surface area contributed by atoms with Crippen LogP contribution in [-0.4, -0.2) is 70.6 Å². The van der Waals surface area contributed by atoms with Gasteiger partial charge >= 0.3 is 0 Å². The van der Waals surface area contributed by atoms with Gasteiger partial charge in [-0.1, -0.05) is 6.92 Å². The number of amides is 3. The summed E-state index contributed by atoms with van der Waals surface area (Å²) < 4.78 is 5.40. The molecule has 1 unspecified atom stereocenters. The van der Waals surface area contributed by atoms with Crippen LogP contribution < -0.4 is 5.32 Å². The Kier molecular flexibility index (Phi) is 8.01. The van der Waals surface area contributed by atoms with E-state index in [1.165, 1.54) is 16.7 Å². The smallest absolute Gasteiger partial charge is 0.242 e. The number of thioether (sulfide) groups is 1. The van der Waals surface area contributed by atoms with Crippen LogP contribution in [0.15, 0.2) is 0 Å². The lowest BCUT2D eigenvalue weighted by molar-refractivity contribution is -0.138. The molecule has 3 amide bonds. The molecule has 0 aromatic rings. The van der Waals surface area contributed by atoms with Crippen molar-refractivity contribution in [2.24, 2.45) is 0 Å². The van der Waals surface area contributed by atoms with Gasteiger partial charge in [-0.3, -0.25) is 19.3 Å². The Morgan fingerprint density at radius 1 is 1.48 bits per heavy atom. The minimum Gasteiger partial charge on any atom is -0.393 e. The highest BCUT2D eigenvalue weighted by atomic mass is 32.2. The fourth-order valence-corrected chi connectivity index (χ4v) is 3.02. The maximum atomic E-state index is 12.0. The molecule has 132 valence electrons. The Labute approximate surface area is 141 Å². The average Bonchev–Trinajstić information content (AvgIpc) is 2.76. The number of aliphatic hydroxyl groups excluding tert-OH is 1. The highest BCUT2D eigenvalue weighted by Gasteiger charge is 2.38. The Morgan fingerprint density at radius 3 is 2.78 bits per heavy atom. The molecule has 23 heavy (non-hydrogen) atoms. The Morgan fingerprint density at radius 2 is 2.17 bits per heavy atom. The molecular formula is C15H26N2O5S. The molecule has 1 fully saturated rings. The van der Waals surface area contributed by atoms with Gasteiger partial charge in [0.05, 0.1) is 24.1 Å². The molecule has 7 nitrogen and oxygen atoms in total. The molecule has 0 aromatic carbocycles. The van der Waals surface area contributed by atoms with Gasteiger partial charge in [-0.2, -0.15) is 0 Å². The van der Waals surface area contributed by atoms with Gasteiger partial charge in [-0.25, -0.2) is 0 Å². The zero-order chi connectivity index (χ0) is 17.5. The lowest BCUT2D eigenvalue weighted by Crippen LogP contribution is -2.37. The molecule has 0 spiro atoms. The van der Waals surface area contributed by atoms with Crippen LogP contribution in [-0.2, 0) is 19.1 Å². The molecule has 1 heterocycles. The summed E-state index contributed by atoms with van der Waals surface area (Å²) in [5.74, 6) is 0.148. The first-order valence-electron chi connectivity index (χ1n) is 7.78. The molecule has 0 bridgehead atoms. The van der Waals surface area contributed by atoms with E-state index in [2.05, 4.69) is 5.32 Å². The normalized spacial score (nSPS) is 18.6. The molecular weight excluding hydrogens is 320 g/mol. The van der Waals surface area contributed by atoms with Gasteiger partial charge in [0.2, 0.25) is 17.7 Å². The first kappa shape index (κ1) is 19.9. The van der Waals surface area contributed by atoms with E-state index >= 15 is 0 Å². The second-order valence-corrected chi connectivity index (χ2v) is 7.38. The van der Waals surface area contributed by atoms with E-state index in [1.807, 2.05) is 6.92 Å². The molecule has 0 aliphatic carbocycles. The number of aliphatic hydroxyl groups is 1. The second-order valence-electron chi connectivity index (χ2n) is 5.90. The summed E-state index contributed by atoms with van der Waals surface area (Å²) >= 11 is 1.46. The molecule has 0 radical (unpaired) electrons. The lowest BCUT2D eigenvalue weighted by Gasteiger charge is -2.22. The summed E-state index contributed by atoms with van der Waals surface area (Å²) in [5.41, 5.74) is -0.634. The van der Waals surface area contributed by atoms with E-state index in [0.29, 0.717) is 6.54 Å². The number of likely N-dealkylation sites (tertiary alicyclic amines) is 1. The van der Waals surface area contributed by atoms with Crippen LogP contribution >= 0.6 is 11.8 Å². The monoisotopic (exact) mass is 346 g/mol. The summed E-state index contributed by atoms with van der Waals surface area (Å²) in [4.78, 5) is 36.8. The predicted molar refractivity (Wildman–Crippen MR) is 88.0 cm³/mol. The third kappa shape index (κ3) is 6.48. The van der Waals surface area contributed by atoms with Crippen LogP contribution in [0.4, 0.5) is 0 Å². The molecule has 1 rings (SSSR count). The van der Waals surface area contributed by atoms with Crippen LogP contribution in [0.3, 0.4) is 0 Å². The minimum atomic E-state index is -0.634. The summed E-state index contributed by atoms with van der Waals surface area (Å²) in [6.07, 6.45) is 0.313. The largest absolute Gasteiger partial charge is 0.393 e. The van der Waals surface area contributed by atoms with Crippen molar-refractivity contribution in [1.82, 2.24) is 10.2 Å². The third-order valence-corrected chi connectivity index (χ3v) is 4.53. The van der Waals surface area contributed by atoms with Crippen LogP contribution in [0, 0.1) is 0 Å². The quantitative estimate of drug-likeness (QED) is 0.432. The molecule has 1 aliphatic rings. The second kappa shape index (κ2) is 9.24. The van der Waals surface area contributed by atoms with Gasteiger partial charge < -0.3 is 15.2 Å². The number of rotatable bonds is 10. The van der Waals surface area contributed by atoms with Crippen molar-refractivity contribution in [1.29, 1.82) is 0 Å². The van der Waals surface area contributed by atoms with Crippen LogP contribution in [0.25, 0.3) is 0 Å². The number of hydrogen-bond acceptors (Lipinski definition) is 6. The lowest BCUT2D eigenvalue weighted by atomic mass is 10.1. The SMILES string of the molecule is CCSC1CC(=O)N(CCC(=O)NCCOC(C)(C)CO)C1=O. The standard InChI is InChI=1S/C15H26N2O5S/c1-4-23-11-9-13(20)17(14(11)21)7-5-12(19)16-6-8-22-15(2,3)10-18/h11,18H,4-10H2,1-3H3,(H,16,19). The first-order chi connectivity index (χ1) is 10.8. The fourth-order valence-electron chi connectivity index (χ4n) is 2.08. The molecule has 1 atom stereocenters. The van der Waals surface area contributed by atoms with Gasteiger partial charge in [0.15, 0.2) is 0 Å². The number of nitrogens with one attached hydrogen (secondary N) is 1. The van der Waals surface area contributed by atoms with Crippen molar-refractivity contribution < 1.29 is 24.2 Å². The summed E-state index contributed by atoms with van der Waals surface area (Å²) in [6, 6.07) is 0. The van der Waals surface area contributed by atoms with E-state index in [-0.39, 0.29) is 55.6 Å². The first-order valence-corrected chi connectivity index (χ1v) is 8.83. The molecule has 0 saturated carbocycles. The van der Waals surface area contributed by atoms with E-state index in [0.717, 1.165) is 5.75 Å². The zero-order valence-electron chi connectivity index (χ0n) is 14.0. The van der Waals surface area contributed by atoms with Crippen LogP contribution in [0.2, 0.25) is 0 Å². The topological polar surface area (TPSA) is 95.9 Å². The summed E-state index contributed by atoms with van der Waals surface area (Å²) in [5, 5.41) is 11.4. The van der Waals surface area contributed by atoms with Gasteiger partial charge in [0.1, 0.15) is 0 Å².